The fraction of sp³-hybridized carbons (Fsp3) is 0.643. The summed E-state index contributed by atoms with van der Waals surface area (Å²) in [6.45, 7) is 2.14. The lowest BCUT2D eigenvalue weighted by atomic mass is 9.95. The number of esters is 1. The van der Waals surface area contributed by atoms with Gasteiger partial charge < -0.3 is 9.64 Å². The molecule has 5 heteroatoms. The Bertz CT molecular complexity index is 430. The molecule has 1 heterocycles. The highest BCUT2D eigenvalue weighted by atomic mass is 16.5. The minimum atomic E-state index is -0.386. The first-order valence-corrected chi connectivity index (χ1v) is 6.95. The number of hydrogen-bond donors (Lipinski definition) is 0. The second-order valence-electron chi connectivity index (χ2n) is 4.87. The molecular formula is C14H21N3O2. The Hall–Kier alpha value is -1.65. The van der Waals surface area contributed by atoms with E-state index in [2.05, 4.69) is 14.9 Å². The third-order valence-electron chi connectivity index (χ3n) is 3.57. The van der Waals surface area contributed by atoms with E-state index in [4.69, 9.17) is 4.74 Å². The quantitative estimate of drug-likeness (QED) is 0.781. The highest BCUT2D eigenvalue weighted by Crippen LogP contribution is 2.24. The minimum Gasteiger partial charge on any atom is -0.461 e. The summed E-state index contributed by atoms with van der Waals surface area (Å²) in [6.07, 6.45) is 7.79. The van der Waals surface area contributed by atoms with Gasteiger partial charge in [-0.15, -0.1) is 0 Å². The minimum absolute atomic E-state index is 0.328. The van der Waals surface area contributed by atoms with E-state index >= 15 is 0 Å². The van der Waals surface area contributed by atoms with Crippen molar-refractivity contribution in [2.24, 2.45) is 0 Å². The molecule has 0 unspecified atom stereocenters. The van der Waals surface area contributed by atoms with Crippen molar-refractivity contribution in [2.45, 2.75) is 45.1 Å². The van der Waals surface area contributed by atoms with Crippen LogP contribution in [0.4, 0.5) is 5.95 Å². The number of rotatable bonds is 4. The summed E-state index contributed by atoms with van der Waals surface area (Å²) >= 11 is 0. The lowest BCUT2D eigenvalue weighted by molar-refractivity contribution is 0.0519. The maximum Gasteiger partial charge on any atom is 0.357 e. The zero-order valence-corrected chi connectivity index (χ0v) is 11.6. The van der Waals surface area contributed by atoms with E-state index in [-0.39, 0.29) is 5.97 Å². The molecular weight excluding hydrogens is 242 g/mol. The summed E-state index contributed by atoms with van der Waals surface area (Å²) in [5.41, 5.74) is 0.328. The van der Waals surface area contributed by atoms with Gasteiger partial charge in [0.25, 0.3) is 0 Å². The Morgan fingerprint density at radius 2 is 2.16 bits per heavy atom. The normalized spacial score (nSPS) is 16.1. The Morgan fingerprint density at radius 1 is 1.42 bits per heavy atom. The van der Waals surface area contributed by atoms with E-state index in [1.165, 1.54) is 32.1 Å². The second-order valence-corrected chi connectivity index (χ2v) is 4.87. The molecule has 0 saturated heterocycles. The fourth-order valence-corrected chi connectivity index (χ4v) is 2.47. The zero-order chi connectivity index (χ0) is 13.7. The molecule has 0 atom stereocenters. The summed E-state index contributed by atoms with van der Waals surface area (Å²) in [6, 6.07) is 2.07. The Morgan fingerprint density at radius 3 is 2.84 bits per heavy atom. The van der Waals surface area contributed by atoms with Crippen LogP contribution in [0.15, 0.2) is 12.3 Å². The van der Waals surface area contributed by atoms with Crippen LogP contribution in [0.25, 0.3) is 0 Å². The van der Waals surface area contributed by atoms with Crippen LogP contribution in [-0.4, -0.2) is 35.6 Å². The summed E-state index contributed by atoms with van der Waals surface area (Å²) in [7, 11) is 2.00. The van der Waals surface area contributed by atoms with Gasteiger partial charge in [0.2, 0.25) is 5.95 Å². The van der Waals surface area contributed by atoms with Crippen molar-refractivity contribution in [3.05, 3.63) is 18.0 Å². The van der Waals surface area contributed by atoms with Gasteiger partial charge in [0.05, 0.1) is 6.61 Å². The van der Waals surface area contributed by atoms with E-state index in [1.807, 2.05) is 7.05 Å². The van der Waals surface area contributed by atoms with Gasteiger partial charge in [-0.25, -0.2) is 14.8 Å². The van der Waals surface area contributed by atoms with Crippen molar-refractivity contribution < 1.29 is 9.53 Å². The number of hydrogen-bond acceptors (Lipinski definition) is 5. The van der Waals surface area contributed by atoms with Crippen LogP contribution in [0.3, 0.4) is 0 Å². The molecule has 19 heavy (non-hydrogen) atoms. The first-order valence-electron chi connectivity index (χ1n) is 6.95. The molecule has 1 fully saturated rings. The van der Waals surface area contributed by atoms with Gasteiger partial charge in [-0.2, -0.15) is 0 Å². The highest BCUT2D eigenvalue weighted by molar-refractivity contribution is 5.87. The van der Waals surface area contributed by atoms with E-state index in [1.54, 1.807) is 19.2 Å². The summed E-state index contributed by atoms with van der Waals surface area (Å²) in [5.74, 6) is 0.223. The molecule has 1 aliphatic carbocycles. The van der Waals surface area contributed by atoms with Crippen LogP contribution in [0.2, 0.25) is 0 Å². The van der Waals surface area contributed by atoms with Crippen LogP contribution >= 0.6 is 0 Å². The third-order valence-corrected chi connectivity index (χ3v) is 3.57. The van der Waals surface area contributed by atoms with Gasteiger partial charge in [-0.1, -0.05) is 19.3 Å². The van der Waals surface area contributed by atoms with Crippen LogP contribution in [0.1, 0.15) is 49.5 Å². The maximum atomic E-state index is 11.7. The lowest BCUT2D eigenvalue weighted by Gasteiger charge is -2.31. The Labute approximate surface area is 114 Å². The van der Waals surface area contributed by atoms with E-state index in [0.717, 1.165) is 0 Å². The fourth-order valence-electron chi connectivity index (χ4n) is 2.47. The van der Waals surface area contributed by atoms with Crippen molar-refractivity contribution in [3.63, 3.8) is 0 Å². The maximum absolute atomic E-state index is 11.7. The molecule has 1 saturated carbocycles. The van der Waals surface area contributed by atoms with Crippen LogP contribution in [0, 0.1) is 0 Å². The molecule has 0 bridgehead atoms. The predicted octanol–water partition coefficient (Wildman–Crippen LogP) is 2.42. The molecule has 104 valence electrons. The van der Waals surface area contributed by atoms with Gasteiger partial charge >= 0.3 is 5.97 Å². The highest BCUT2D eigenvalue weighted by Gasteiger charge is 2.21. The number of carbonyl (C=O) groups is 1. The van der Waals surface area contributed by atoms with Crippen molar-refractivity contribution >= 4 is 11.9 Å². The van der Waals surface area contributed by atoms with E-state index in [0.29, 0.717) is 24.3 Å². The van der Waals surface area contributed by atoms with Crippen molar-refractivity contribution in [3.8, 4) is 0 Å². The van der Waals surface area contributed by atoms with Crippen LogP contribution in [-0.2, 0) is 4.74 Å². The SMILES string of the molecule is CCOC(=O)c1ccnc(N(C)C2CCCCC2)n1. The lowest BCUT2D eigenvalue weighted by Crippen LogP contribution is -2.34. The molecule has 2 rings (SSSR count). The van der Waals surface area contributed by atoms with Gasteiger partial charge in [0, 0.05) is 19.3 Å². The number of anilines is 1. The molecule has 0 N–H and O–H groups in total. The molecule has 0 radical (unpaired) electrons. The molecule has 1 aromatic heterocycles. The molecule has 0 aliphatic heterocycles. The summed E-state index contributed by atoms with van der Waals surface area (Å²) < 4.78 is 4.96. The number of aromatic nitrogens is 2. The van der Waals surface area contributed by atoms with Gasteiger partial charge in [-0.05, 0) is 25.8 Å². The Balaban J connectivity index is 2.10. The van der Waals surface area contributed by atoms with Gasteiger partial charge in [0.15, 0.2) is 5.69 Å². The molecule has 0 spiro atoms. The number of nitrogens with zero attached hydrogens (tertiary/aromatic N) is 3. The first kappa shape index (κ1) is 13.8. The van der Waals surface area contributed by atoms with Crippen LogP contribution < -0.4 is 4.90 Å². The molecule has 1 aromatic rings. The first-order chi connectivity index (χ1) is 9.22. The predicted molar refractivity (Wildman–Crippen MR) is 73.3 cm³/mol. The van der Waals surface area contributed by atoms with E-state index in [9.17, 15) is 4.79 Å². The number of ether oxygens (including phenoxy) is 1. The molecule has 0 aromatic carbocycles. The monoisotopic (exact) mass is 263 g/mol. The average molecular weight is 263 g/mol. The van der Waals surface area contributed by atoms with E-state index < -0.39 is 0 Å². The smallest absolute Gasteiger partial charge is 0.357 e. The number of carbonyl (C=O) groups excluding carboxylic acids is 1. The van der Waals surface area contributed by atoms with Crippen molar-refractivity contribution in [2.75, 3.05) is 18.6 Å². The third kappa shape index (κ3) is 3.43. The summed E-state index contributed by atoms with van der Waals surface area (Å²) in [4.78, 5) is 22.3. The van der Waals surface area contributed by atoms with Crippen molar-refractivity contribution in [1.82, 2.24) is 9.97 Å². The molecule has 1 aliphatic rings. The standard InChI is InChI=1S/C14H21N3O2/c1-3-19-13(18)12-9-10-15-14(16-12)17(2)11-7-5-4-6-8-11/h9-11H,3-8H2,1-2H3. The largest absolute Gasteiger partial charge is 0.461 e. The Kier molecular flexibility index (Phi) is 4.71. The van der Waals surface area contributed by atoms with Gasteiger partial charge in [-0.3, -0.25) is 0 Å². The second kappa shape index (κ2) is 6.50. The average Bonchev–Trinajstić information content (AvgIpc) is 2.48. The van der Waals surface area contributed by atoms with Gasteiger partial charge in [0.1, 0.15) is 0 Å². The van der Waals surface area contributed by atoms with Crippen LogP contribution in [0.5, 0.6) is 0 Å². The summed E-state index contributed by atoms with van der Waals surface area (Å²) in [5, 5.41) is 0. The van der Waals surface area contributed by atoms with Crippen molar-refractivity contribution in [1.29, 1.82) is 0 Å². The topological polar surface area (TPSA) is 55.3 Å². The molecule has 5 nitrogen and oxygen atoms in total. The zero-order valence-electron chi connectivity index (χ0n) is 11.6. The molecule has 0 amide bonds.